The zero-order valence-electron chi connectivity index (χ0n) is 10.4. The summed E-state index contributed by atoms with van der Waals surface area (Å²) in [5, 5.41) is 13.0. The van der Waals surface area contributed by atoms with E-state index >= 15 is 0 Å². The van der Waals surface area contributed by atoms with Gasteiger partial charge in [0.1, 0.15) is 5.75 Å². The van der Waals surface area contributed by atoms with E-state index in [1.807, 2.05) is 13.0 Å². The highest BCUT2D eigenvalue weighted by Crippen LogP contribution is 2.17. The Labute approximate surface area is 102 Å². The van der Waals surface area contributed by atoms with Crippen molar-refractivity contribution in [3.63, 3.8) is 0 Å². The molecule has 2 N–H and O–H groups in total. The topological polar surface area (TPSA) is 54.4 Å². The van der Waals surface area contributed by atoms with Gasteiger partial charge in [-0.1, -0.05) is 0 Å². The molecular weight excluding hydrogens is 216 g/mol. The van der Waals surface area contributed by atoms with Gasteiger partial charge in [-0.3, -0.25) is 4.98 Å². The van der Waals surface area contributed by atoms with Crippen LogP contribution in [-0.4, -0.2) is 28.8 Å². The number of pyridine rings is 1. The summed E-state index contributed by atoms with van der Waals surface area (Å²) in [6.07, 6.45) is 2.55. The summed E-state index contributed by atoms with van der Waals surface area (Å²) in [6, 6.07) is 3.79. The molecule has 1 fully saturated rings. The average molecular weight is 236 g/mol. The predicted molar refractivity (Wildman–Crippen MR) is 65.9 cm³/mol. The molecule has 1 aromatic heterocycles. The van der Waals surface area contributed by atoms with Gasteiger partial charge in [0, 0.05) is 24.9 Å². The molecule has 0 saturated carbocycles. The molecular formula is C13H20N2O2. The summed E-state index contributed by atoms with van der Waals surface area (Å²) in [6.45, 7) is 5.48. The Morgan fingerprint density at radius 2 is 2.41 bits per heavy atom. The lowest BCUT2D eigenvalue weighted by Crippen LogP contribution is -2.36. The summed E-state index contributed by atoms with van der Waals surface area (Å²) in [7, 11) is 0. The molecule has 2 rings (SSSR count). The fourth-order valence-electron chi connectivity index (χ4n) is 2.12. The fourth-order valence-corrected chi connectivity index (χ4v) is 2.12. The van der Waals surface area contributed by atoms with Gasteiger partial charge in [0.05, 0.1) is 11.8 Å². The quantitative estimate of drug-likeness (QED) is 0.836. The van der Waals surface area contributed by atoms with Crippen LogP contribution < -0.4 is 5.32 Å². The van der Waals surface area contributed by atoms with Gasteiger partial charge in [-0.25, -0.2) is 0 Å². The third-order valence-electron chi connectivity index (χ3n) is 3.20. The van der Waals surface area contributed by atoms with Crippen LogP contribution in [0.15, 0.2) is 12.1 Å². The maximum atomic E-state index is 9.68. The molecule has 1 saturated heterocycles. The van der Waals surface area contributed by atoms with Gasteiger partial charge in [0.15, 0.2) is 0 Å². The molecule has 2 atom stereocenters. The standard InChI is InChI=1S/C13H20N2O2/c1-9-5-6-12(16)11(15-9)8-14-10(2)13-4-3-7-17-13/h5-6,10,13-14,16H,3-4,7-8H2,1-2H3. The summed E-state index contributed by atoms with van der Waals surface area (Å²) >= 11 is 0. The van der Waals surface area contributed by atoms with Crippen molar-refractivity contribution in [1.29, 1.82) is 0 Å². The largest absolute Gasteiger partial charge is 0.506 e. The third kappa shape index (κ3) is 3.17. The molecule has 0 aromatic carbocycles. The van der Waals surface area contributed by atoms with Crippen molar-refractivity contribution in [2.75, 3.05) is 6.61 Å². The average Bonchev–Trinajstić information content (AvgIpc) is 2.83. The van der Waals surface area contributed by atoms with E-state index in [-0.39, 0.29) is 5.75 Å². The number of ether oxygens (including phenoxy) is 1. The van der Waals surface area contributed by atoms with Crippen molar-refractivity contribution in [3.8, 4) is 5.75 Å². The number of hydrogen-bond acceptors (Lipinski definition) is 4. The Morgan fingerprint density at radius 3 is 3.12 bits per heavy atom. The lowest BCUT2D eigenvalue weighted by molar-refractivity contribution is 0.0830. The smallest absolute Gasteiger partial charge is 0.138 e. The van der Waals surface area contributed by atoms with Crippen LogP contribution >= 0.6 is 0 Å². The van der Waals surface area contributed by atoms with Crippen LogP contribution in [0.4, 0.5) is 0 Å². The lowest BCUT2D eigenvalue weighted by Gasteiger charge is -2.20. The van der Waals surface area contributed by atoms with Gasteiger partial charge in [-0.2, -0.15) is 0 Å². The first kappa shape index (κ1) is 12.3. The minimum Gasteiger partial charge on any atom is -0.506 e. The highest BCUT2D eigenvalue weighted by atomic mass is 16.5. The number of aryl methyl sites for hydroxylation is 1. The van der Waals surface area contributed by atoms with Crippen molar-refractivity contribution < 1.29 is 9.84 Å². The van der Waals surface area contributed by atoms with Gasteiger partial charge < -0.3 is 15.2 Å². The van der Waals surface area contributed by atoms with E-state index in [9.17, 15) is 5.11 Å². The molecule has 1 aliphatic rings. The van der Waals surface area contributed by atoms with E-state index in [2.05, 4.69) is 17.2 Å². The van der Waals surface area contributed by atoms with E-state index in [1.165, 1.54) is 0 Å². The molecule has 0 amide bonds. The maximum Gasteiger partial charge on any atom is 0.138 e. The van der Waals surface area contributed by atoms with Gasteiger partial charge >= 0.3 is 0 Å². The van der Waals surface area contributed by atoms with Crippen LogP contribution in [0, 0.1) is 6.92 Å². The van der Waals surface area contributed by atoms with E-state index in [4.69, 9.17) is 4.74 Å². The van der Waals surface area contributed by atoms with E-state index in [0.717, 1.165) is 25.1 Å². The zero-order chi connectivity index (χ0) is 12.3. The first-order valence-corrected chi connectivity index (χ1v) is 6.17. The second kappa shape index (κ2) is 5.47. The molecule has 94 valence electrons. The van der Waals surface area contributed by atoms with Crippen LogP contribution in [0.2, 0.25) is 0 Å². The van der Waals surface area contributed by atoms with E-state index < -0.39 is 0 Å². The Balaban J connectivity index is 1.90. The summed E-state index contributed by atoms with van der Waals surface area (Å²) in [4.78, 5) is 4.32. The Kier molecular flexibility index (Phi) is 3.97. The van der Waals surface area contributed by atoms with Crippen LogP contribution in [0.25, 0.3) is 0 Å². The Morgan fingerprint density at radius 1 is 1.59 bits per heavy atom. The summed E-state index contributed by atoms with van der Waals surface area (Å²) in [5.74, 6) is 0.252. The molecule has 1 aliphatic heterocycles. The van der Waals surface area contributed by atoms with Crippen molar-refractivity contribution >= 4 is 0 Å². The van der Waals surface area contributed by atoms with Crippen molar-refractivity contribution in [3.05, 3.63) is 23.5 Å². The number of aromatic nitrogens is 1. The normalized spacial score (nSPS) is 21.6. The first-order chi connectivity index (χ1) is 8.16. The van der Waals surface area contributed by atoms with Crippen LogP contribution in [0.1, 0.15) is 31.2 Å². The molecule has 4 nitrogen and oxygen atoms in total. The monoisotopic (exact) mass is 236 g/mol. The van der Waals surface area contributed by atoms with Crippen molar-refractivity contribution in [2.45, 2.75) is 45.4 Å². The molecule has 17 heavy (non-hydrogen) atoms. The molecule has 1 aromatic rings. The Hall–Kier alpha value is -1.13. The van der Waals surface area contributed by atoms with Crippen LogP contribution in [0.3, 0.4) is 0 Å². The molecule has 4 heteroatoms. The molecule has 0 spiro atoms. The minimum atomic E-state index is 0.252. The molecule has 0 radical (unpaired) electrons. The van der Waals surface area contributed by atoms with Gasteiger partial charge in [0.2, 0.25) is 0 Å². The van der Waals surface area contributed by atoms with Gasteiger partial charge in [-0.15, -0.1) is 0 Å². The third-order valence-corrected chi connectivity index (χ3v) is 3.20. The first-order valence-electron chi connectivity index (χ1n) is 6.17. The highest BCUT2D eigenvalue weighted by molar-refractivity contribution is 5.27. The minimum absolute atomic E-state index is 0.252. The maximum absolute atomic E-state index is 9.68. The lowest BCUT2D eigenvalue weighted by atomic mass is 10.1. The number of nitrogens with zero attached hydrogens (tertiary/aromatic N) is 1. The second-order valence-corrected chi connectivity index (χ2v) is 4.64. The zero-order valence-corrected chi connectivity index (χ0v) is 10.4. The number of rotatable bonds is 4. The van der Waals surface area contributed by atoms with Crippen LogP contribution in [0.5, 0.6) is 5.75 Å². The summed E-state index contributed by atoms with van der Waals surface area (Å²) < 4.78 is 5.61. The van der Waals surface area contributed by atoms with Gasteiger partial charge in [0.25, 0.3) is 0 Å². The number of hydrogen-bond donors (Lipinski definition) is 2. The molecule has 0 bridgehead atoms. The molecule has 0 aliphatic carbocycles. The molecule has 2 heterocycles. The number of nitrogens with one attached hydrogen (secondary N) is 1. The Bertz CT molecular complexity index is 376. The van der Waals surface area contributed by atoms with E-state index in [1.54, 1.807) is 6.07 Å². The predicted octanol–water partition coefficient (Wildman–Crippen LogP) is 1.75. The summed E-state index contributed by atoms with van der Waals surface area (Å²) in [5.41, 5.74) is 1.62. The number of aromatic hydroxyl groups is 1. The molecule has 2 unspecified atom stereocenters. The van der Waals surface area contributed by atoms with E-state index in [0.29, 0.717) is 24.4 Å². The van der Waals surface area contributed by atoms with Gasteiger partial charge in [-0.05, 0) is 38.8 Å². The van der Waals surface area contributed by atoms with Crippen LogP contribution in [-0.2, 0) is 11.3 Å². The van der Waals surface area contributed by atoms with Crippen molar-refractivity contribution in [2.24, 2.45) is 0 Å². The SMILES string of the molecule is Cc1ccc(O)c(CNC(C)C2CCCO2)n1. The fraction of sp³-hybridized carbons (Fsp3) is 0.615. The van der Waals surface area contributed by atoms with Crippen molar-refractivity contribution in [1.82, 2.24) is 10.3 Å². The second-order valence-electron chi connectivity index (χ2n) is 4.64. The highest BCUT2D eigenvalue weighted by Gasteiger charge is 2.22.